The lowest BCUT2D eigenvalue weighted by Gasteiger charge is -2.29. The first-order valence-electron chi connectivity index (χ1n) is 7.40. The minimum absolute atomic E-state index is 0.0422. The second-order valence-corrected chi connectivity index (χ2v) is 5.78. The van der Waals surface area contributed by atoms with Crippen molar-refractivity contribution in [3.8, 4) is 0 Å². The van der Waals surface area contributed by atoms with Gasteiger partial charge in [-0.2, -0.15) is 13.2 Å². The standard InChI is InChI=1S/C15H16F3N5O/c1-8-19-12(15(16,17)18)6-13(20-8)23-5-4-11-10(7-23)14(24)22(3)9(2)21-11/h6H,4-5,7H2,1-3H3. The summed E-state index contributed by atoms with van der Waals surface area (Å²) < 4.78 is 40.3. The molecule has 1 aliphatic rings. The second-order valence-electron chi connectivity index (χ2n) is 5.78. The molecule has 0 saturated carbocycles. The zero-order valence-electron chi connectivity index (χ0n) is 13.5. The molecular formula is C15H16F3N5O. The summed E-state index contributed by atoms with van der Waals surface area (Å²) >= 11 is 0. The third-order valence-corrected chi connectivity index (χ3v) is 4.10. The predicted molar refractivity (Wildman–Crippen MR) is 80.7 cm³/mol. The van der Waals surface area contributed by atoms with Crippen molar-refractivity contribution >= 4 is 5.82 Å². The zero-order chi connectivity index (χ0) is 17.6. The maximum absolute atomic E-state index is 12.9. The highest BCUT2D eigenvalue weighted by Crippen LogP contribution is 2.30. The molecule has 0 fully saturated rings. The molecule has 1 aliphatic heterocycles. The average molecular weight is 339 g/mol. The molecule has 0 aliphatic carbocycles. The van der Waals surface area contributed by atoms with Gasteiger partial charge in [0.15, 0.2) is 0 Å². The number of nitrogens with zero attached hydrogens (tertiary/aromatic N) is 5. The summed E-state index contributed by atoms with van der Waals surface area (Å²) in [5.41, 5.74) is 0.0441. The van der Waals surface area contributed by atoms with Gasteiger partial charge in [-0.1, -0.05) is 0 Å². The van der Waals surface area contributed by atoms with Crippen molar-refractivity contribution in [1.29, 1.82) is 0 Å². The Labute approximate surface area is 136 Å². The van der Waals surface area contributed by atoms with Crippen LogP contribution in [0.2, 0.25) is 0 Å². The van der Waals surface area contributed by atoms with Crippen molar-refractivity contribution in [1.82, 2.24) is 19.5 Å². The molecule has 0 N–H and O–H groups in total. The summed E-state index contributed by atoms with van der Waals surface area (Å²) in [5.74, 6) is 0.827. The number of aromatic nitrogens is 4. The first-order valence-corrected chi connectivity index (χ1v) is 7.40. The number of fused-ring (bicyclic) bond motifs is 1. The van der Waals surface area contributed by atoms with E-state index in [1.54, 1.807) is 18.9 Å². The summed E-state index contributed by atoms with van der Waals surface area (Å²) in [5, 5.41) is 0. The van der Waals surface area contributed by atoms with Crippen LogP contribution in [0.25, 0.3) is 0 Å². The van der Waals surface area contributed by atoms with Gasteiger partial charge in [0, 0.05) is 26.1 Å². The van der Waals surface area contributed by atoms with Gasteiger partial charge in [-0.3, -0.25) is 9.36 Å². The Hall–Kier alpha value is -2.45. The van der Waals surface area contributed by atoms with E-state index in [0.717, 1.165) is 6.07 Å². The first kappa shape index (κ1) is 16.4. The molecule has 2 aromatic heterocycles. The van der Waals surface area contributed by atoms with E-state index in [1.165, 1.54) is 11.5 Å². The fourth-order valence-corrected chi connectivity index (χ4v) is 2.74. The molecule has 128 valence electrons. The van der Waals surface area contributed by atoms with Crippen LogP contribution in [0.4, 0.5) is 19.0 Å². The van der Waals surface area contributed by atoms with E-state index in [4.69, 9.17) is 0 Å². The van der Waals surface area contributed by atoms with Crippen LogP contribution in [0, 0.1) is 13.8 Å². The number of hydrogen-bond donors (Lipinski definition) is 0. The Balaban J connectivity index is 2.01. The molecule has 0 spiro atoms. The predicted octanol–water partition coefficient (Wildman–Crippen LogP) is 1.77. The highest BCUT2D eigenvalue weighted by molar-refractivity contribution is 5.44. The van der Waals surface area contributed by atoms with Crippen molar-refractivity contribution in [2.75, 3.05) is 11.4 Å². The van der Waals surface area contributed by atoms with Crippen molar-refractivity contribution < 1.29 is 13.2 Å². The zero-order valence-corrected chi connectivity index (χ0v) is 13.5. The summed E-state index contributed by atoms with van der Waals surface area (Å²) in [4.78, 5) is 26.0. The molecule has 0 amide bonds. The molecule has 0 atom stereocenters. The second kappa shape index (κ2) is 5.57. The third-order valence-electron chi connectivity index (χ3n) is 4.10. The van der Waals surface area contributed by atoms with Gasteiger partial charge in [0.05, 0.1) is 17.8 Å². The molecule has 24 heavy (non-hydrogen) atoms. The summed E-state index contributed by atoms with van der Waals surface area (Å²) in [6.07, 6.45) is -4.05. The largest absolute Gasteiger partial charge is 0.433 e. The van der Waals surface area contributed by atoms with Gasteiger partial charge in [0.1, 0.15) is 23.2 Å². The Kier molecular flexibility index (Phi) is 3.81. The molecule has 0 unspecified atom stereocenters. The number of anilines is 1. The summed E-state index contributed by atoms with van der Waals surface area (Å²) in [6.45, 7) is 3.79. The van der Waals surface area contributed by atoms with E-state index in [2.05, 4.69) is 15.0 Å². The maximum Gasteiger partial charge on any atom is 0.433 e. The summed E-state index contributed by atoms with van der Waals surface area (Å²) in [6, 6.07) is 0.921. The van der Waals surface area contributed by atoms with Crippen molar-refractivity contribution in [3.63, 3.8) is 0 Å². The fraction of sp³-hybridized carbons (Fsp3) is 0.467. The van der Waals surface area contributed by atoms with Crippen LogP contribution in [0.15, 0.2) is 10.9 Å². The average Bonchev–Trinajstić information content (AvgIpc) is 2.51. The topological polar surface area (TPSA) is 63.9 Å². The van der Waals surface area contributed by atoms with Gasteiger partial charge in [-0.15, -0.1) is 0 Å². The lowest BCUT2D eigenvalue weighted by atomic mass is 10.1. The molecule has 0 radical (unpaired) electrons. The van der Waals surface area contributed by atoms with Crippen LogP contribution in [-0.2, 0) is 26.2 Å². The lowest BCUT2D eigenvalue weighted by Crippen LogP contribution is -2.38. The van der Waals surface area contributed by atoms with E-state index in [1.807, 2.05) is 0 Å². The maximum atomic E-state index is 12.9. The minimum Gasteiger partial charge on any atom is -0.351 e. The third kappa shape index (κ3) is 2.85. The molecule has 0 bridgehead atoms. The molecule has 3 heterocycles. The van der Waals surface area contributed by atoms with Gasteiger partial charge in [-0.05, 0) is 13.8 Å². The lowest BCUT2D eigenvalue weighted by molar-refractivity contribution is -0.141. The Morgan fingerprint density at radius 1 is 1.17 bits per heavy atom. The SMILES string of the molecule is Cc1nc(N2CCc3nc(C)n(C)c(=O)c3C2)cc(C(F)(F)F)n1. The van der Waals surface area contributed by atoms with Gasteiger partial charge in [0.25, 0.3) is 5.56 Å². The van der Waals surface area contributed by atoms with Crippen molar-refractivity contribution in [3.05, 3.63) is 45.0 Å². The van der Waals surface area contributed by atoms with Crippen LogP contribution in [0.3, 0.4) is 0 Å². The normalized spacial score (nSPS) is 14.7. The molecule has 3 rings (SSSR count). The highest BCUT2D eigenvalue weighted by atomic mass is 19.4. The minimum atomic E-state index is -4.54. The van der Waals surface area contributed by atoms with E-state index in [-0.39, 0.29) is 23.7 Å². The van der Waals surface area contributed by atoms with E-state index in [0.29, 0.717) is 30.0 Å². The quantitative estimate of drug-likeness (QED) is 0.792. The van der Waals surface area contributed by atoms with Gasteiger partial charge < -0.3 is 4.90 Å². The van der Waals surface area contributed by atoms with Gasteiger partial charge >= 0.3 is 6.18 Å². The van der Waals surface area contributed by atoms with Gasteiger partial charge in [0.2, 0.25) is 0 Å². The van der Waals surface area contributed by atoms with Crippen molar-refractivity contribution in [2.24, 2.45) is 7.05 Å². The molecular weight excluding hydrogens is 323 g/mol. The molecule has 2 aromatic rings. The molecule has 0 aromatic carbocycles. The number of alkyl halides is 3. The fourth-order valence-electron chi connectivity index (χ4n) is 2.74. The van der Waals surface area contributed by atoms with Crippen molar-refractivity contribution in [2.45, 2.75) is 33.0 Å². The smallest absolute Gasteiger partial charge is 0.351 e. The first-order chi connectivity index (χ1) is 11.2. The van der Waals surface area contributed by atoms with E-state index >= 15 is 0 Å². The van der Waals surface area contributed by atoms with Crippen LogP contribution in [-0.4, -0.2) is 26.1 Å². The monoisotopic (exact) mass is 339 g/mol. The Morgan fingerprint density at radius 3 is 2.54 bits per heavy atom. The summed E-state index contributed by atoms with van der Waals surface area (Å²) in [7, 11) is 1.63. The van der Waals surface area contributed by atoms with Crippen LogP contribution < -0.4 is 10.5 Å². The number of halogens is 3. The Bertz CT molecular complexity index is 859. The Morgan fingerprint density at radius 2 is 1.88 bits per heavy atom. The molecule has 6 nitrogen and oxygen atoms in total. The van der Waals surface area contributed by atoms with E-state index in [9.17, 15) is 18.0 Å². The number of aryl methyl sites for hydroxylation is 2. The van der Waals surface area contributed by atoms with Crippen LogP contribution in [0.1, 0.15) is 28.6 Å². The van der Waals surface area contributed by atoms with Gasteiger partial charge in [-0.25, -0.2) is 15.0 Å². The van der Waals surface area contributed by atoms with E-state index < -0.39 is 11.9 Å². The molecule has 9 heteroatoms. The highest BCUT2D eigenvalue weighted by Gasteiger charge is 2.34. The number of rotatable bonds is 1. The number of hydrogen-bond acceptors (Lipinski definition) is 5. The van der Waals surface area contributed by atoms with Crippen LogP contribution >= 0.6 is 0 Å². The van der Waals surface area contributed by atoms with Crippen LogP contribution in [0.5, 0.6) is 0 Å². The molecule has 0 saturated heterocycles.